The SMILES string of the molecule is COc1ccc(NCCCCCNC(C)=O)c2c1C(=O)c1ccccc1C2=O. The molecule has 1 aliphatic rings. The van der Waals surface area contributed by atoms with Gasteiger partial charge in [0.15, 0.2) is 11.6 Å². The Morgan fingerprint density at radius 2 is 1.54 bits per heavy atom. The molecule has 6 heteroatoms. The zero-order valence-corrected chi connectivity index (χ0v) is 16.1. The van der Waals surface area contributed by atoms with Gasteiger partial charge in [0.05, 0.1) is 18.2 Å². The van der Waals surface area contributed by atoms with Gasteiger partial charge in [0.1, 0.15) is 5.75 Å². The number of methoxy groups -OCH3 is 1. The van der Waals surface area contributed by atoms with Crippen molar-refractivity contribution in [2.75, 3.05) is 25.5 Å². The van der Waals surface area contributed by atoms with E-state index < -0.39 is 0 Å². The maximum atomic E-state index is 13.1. The number of ketones is 2. The van der Waals surface area contributed by atoms with Crippen molar-refractivity contribution in [3.05, 3.63) is 58.7 Å². The number of unbranched alkanes of at least 4 members (excludes halogenated alkanes) is 2. The summed E-state index contributed by atoms with van der Waals surface area (Å²) in [6.45, 7) is 2.84. The van der Waals surface area contributed by atoms with Gasteiger partial charge in [-0.2, -0.15) is 0 Å². The maximum Gasteiger partial charge on any atom is 0.216 e. The number of ether oxygens (including phenoxy) is 1. The zero-order chi connectivity index (χ0) is 20.1. The highest BCUT2D eigenvalue weighted by molar-refractivity contribution is 6.31. The average molecular weight is 380 g/mol. The Morgan fingerprint density at radius 3 is 2.18 bits per heavy atom. The lowest BCUT2D eigenvalue weighted by molar-refractivity contribution is -0.118. The van der Waals surface area contributed by atoms with Crippen LogP contribution in [0.15, 0.2) is 36.4 Å². The summed E-state index contributed by atoms with van der Waals surface area (Å²) < 4.78 is 5.36. The third kappa shape index (κ3) is 3.91. The van der Waals surface area contributed by atoms with Crippen LogP contribution in [-0.4, -0.2) is 37.7 Å². The van der Waals surface area contributed by atoms with Crippen molar-refractivity contribution in [1.82, 2.24) is 5.32 Å². The fourth-order valence-electron chi connectivity index (χ4n) is 3.42. The van der Waals surface area contributed by atoms with Crippen LogP contribution in [0.4, 0.5) is 5.69 Å². The molecule has 0 heterocycles. The van der Waals surface area contributed by atoms with Gasteiger partial charge in [-0.05, 0) is 31.4 Å². The minimum atomic E-state index is -0.194. The molecule has 1 amide bonds. The number of carbonyl (C=O) groups excluding carboxylic acids is 3. The van der Waals surface area contributed by atoms with E-state index in [0.29, 0.717) is 46.8 Å². The molecule has 0 atom stereocenters. The summed E-state index contributed by atoms with van der Waals surface area (Å²) in [7, 11) is 1.50. The second-order valence-corrected chi connectivity index (χ2v) is 6.74. The van der Waals surface area contributed by atoms with Gasteiger partial charge in [0, 0.05) is 36.8 Å². The second kappa shape index (κ2) is 8.69. The molecule has 28 heavy (non-hydrogen) atoms. The lowest BCUT2D eigenvalue weighted by Crippen LogP contribution is -2.23. The minimum absolute atomic E-state index is 0.0218. The molecule has 0 spiro atoms. The smallest absolute Gasteiger partial charge is 0.216 e. The largest absolute Gasteiger partial charge is 0.496 e. The van der Waals surface area contributed by atoms with Gasteiger partial charge < -0.3 is 15.4 Å². The van der Waals surface area contributed by atoms with E-state index in [1.54, 1.807) is 36.4 Å². The third-order valence-corrected chi connectivity index (χ3v) is 4.80. The number of fused-ring (bicyclic) bond motifs is 2. The maximum absolute atomic E-state index is 13.1. The summed E-state index contributed by atoms with van der Waals surface area (Å²) >= 11 is 0. The van der Waals surface area contributed by atoms with Crippen LogP contribution in [0.1, 0.15) is 58.0 Å². The number of nitrogens with one attached hydrogen (secondary N) is 2. The Balaban J connectivity index is 1.77. The Bertz CT molecular complexity index is 921. The molecule has 0 saturated heterocycles. The van der Waals surface area contributed by atoms with Gasteiger partial charge >= 0.3 is 0 Å². The molecule has 6 nitrogen and oxygen atoms in total. The van der Waals surface area contributed by atoms with Crippen LogP contribution >= 0.6 is 0 Å². The van der Waals surface area contributed by atoms with Gasteiger partial charge in [-0.1, -0.05) is 24.3 Å². The summed E-state index contributed by atoms with van der Waals surface area (Å²) in [5.74, 6) is 0.0217. The van der Waals surface area contributed by atoms with Crippen molar-refractivity contribution < 1.29 is 19.1 Å². The highest BCUT2D eigenvalue weighted by Crippen LogP contribution is 2.37. The quantitative estimate of drug-likeness (QED) is 0.586. The average Bonchev–Trinajstić information content (AvgIpc) is 2.70. The fraction of sp³-hybridized carbons (Fsp3) is 0.318. The molecule has 1 aliphatic carbocycles. The van der Waals surface area contributed by atoms with E-state index in [-0.39, 0.29) is 17.5 Å². The van der Waals surface area contributed by atoms with E-state index in [1.165, 1.54) is 14.0 Å². The van der Waals surface area contributed by atoms with Crippen molar-refractivity contribution in [2.24, 2.45) is 0 Å². The Labute approximate surface area is 164 Å². The van der Waals surface area contributed by atoms with Crippen molar-refractivity contribution in [3.8, 4) is 5.75 Å². The topological polar surface area (TPSA) is 84.5 Å². The lowest BCUT2D eigenvalue weighted by Gasteiger charge is -2.22. The molecule has 0 fully saturated rings. The second-order valence-electron chi connectivity index (χ2n) is 6.74. The molecule has 0 bridgehead atoms. The van der Waals surface area contributed by atoms with Gasteiger partial charge in [-0.25, -0.2) is 0 Å². The first-order chi connectivity index (χ1) is 13.5. The summed E-state index contributed by atoms with van der Waals surface area (Å²) in [6, 6.07) is 10.4. The van der Waals surface area contributed by atoms with Crippen molar-refractivity contribution in [2.45, 2.75) is 26.2 Å². The predicted molar refractivity (Wildman–Crippen MR) is 107 cm³/mol. The fourth-order valence-corrected chi connectivity index (χ4v) is 3.42. The van der Waals surface area contributed by atoms with Gasteiger partial charge in [0.2, 0.25) is 5.91 Å². The Morgan fingerprint density at radius 1 is 0.893 bits per heavy atom. The molecule has 146 valence electrons. The first kappa shape index (κ1) is 19.6. The molecular weight excluding hydrogens is 356 g/mol. The van der Waals surface area contributed by atoms with E-state index in [1.807, 2.05) is 0 Å². The molecule has 3 rings (SSSR count). The number of rotatable bonds is 8. The van der Waals surface area contributed by atoms with Crippen molar-refractivity contribution in [3.63, 3.8) is 0 Å². The monoisotopic (exact) mass is 380 g/mol. The van der Waals surface area contributed by atoms with Gasteiger partial charge in [-0.3, -0.25) is 14.4 Å². The summed E-state index contributed by atoms with van der Waals surface area (Å²) in [5, 5.41) is 6.06. The van der Waals surface area contributed by atoms with Crippen LogP contribution in [0, 0.1) is 0 Å². The van der Waals surface area contributed by atoms with E-state index >= 15 is 0 Å². The number of benzene rings is 2. The standard InChI is InChI=1S/C22H24N2O4/c1-14(25)23-12-6-3-7-13-24-17-10-11-18(28-2)20-19(17)21(26)15-8-4-5-9-16(15)22(20)27/h4-5,8-11,24H,3,6-7,12-13H2,1-2H3,(H,23,25). The first-order valence-corrected chi connectivity index (χ1v) is 9.42. The minimum Gasteiger partial charge on any atom is -0.496 e. The van der Waals surface area contributed by atoms with E-state index in [9.17, 15) is 14.4 Å². The predicted octanol–water partition coefficient (Wildman–Crippen LogP) is 3.19. The third-order valence-electron chi connectivity index (χ3n) is 4.80. The summed E-state index contributed by atoms with van der Waals surface area (Å²) in [4.78, 5) is 36.9. The van der Waals surface area contributed by atoms with E-state index in [0.717, 1.165) is 19.3 Å². The summed E-state index contributed by atoms with van der Waals surface area (Å²) in [5.41, 5.74) is 2.17. The molecule has 2 aromatic carbocycles. The highest BCUT2D eigenvalue weighted by Gasteiger charge is 2.34. The zero-order valence-electron chi connectivity index (χ0n) is 16.1. The van der Waals surface area contributed by atoms with Crippen molar-refractivity contribution in [1.29, 1.82) is 0 Å². The number of carbonyl (C=O) groups is 3. The molecule has 2 N–H and O–H groups in total. The molecule has 0 aliphatic heterocycles. The lowest BCUT2D eigenvalue weighted by atomic mass is 9.82. The van der Waals surface area contributed by atoms with Gasteiger partial charge in [-0.15, -0.1) is 0 Å². The van der Waals surface area contributed by atoms with E-state index in [2.05, 4.69) is 10.6 Å². The van der Waals surface area contributed by atoms with Crippen LogP contribution in [0.3, 0.4) is 0 Å². The normalized spacial score (nSPS) is 12.2. The number of anilines is 1. The van der Waals surface area contributed by atoms with Crippen LogP contribution in [0.2, 0.25) is 0 Å². The Kier molecular flexibility index (Phi) is 6.09. The molecule has 2 aromatic rings. The van der Waals surface area contributed by atoms with Crippen molar-refractivity contribution >= 4 is 23.2 Å². The molecular formula is C22H24N2O4. The van der Waals surface area contributed by atoms with Crippen LogP contribution in [0.5, 0.6) is 5.75 Å². The van der Waals surface area contributed by atoms with Crippen LogP contribution < -0.4 is 15.4 Å². The highest BCUT2D eigenvalue weighted by atomic mass is 16.5. The molecule has 0 aromatic heterocycles. The van der Waals surface area contributed by atoms with E-state index in [4.69, 9.17) is 4.74 Å². The number of hydrogen-bond acceptors (Lipinski definition) is 5. The molecule has 0 radical (unpaired) electrons. The molecule has 0 saturated carbocycles. The first-order valence-electron chi connectivity index (χ1n) is 9.42. The van der Waals surface area contributed by atoms with Crippen LogP contribution in [0.25, 0.3) is 0 Å². The number of hydrogen-bond donors (Lipinski definition) is 2. The molecule has 0 unspecified atom stereocenters. The van der Waals surface area contributed by atoms with Gasteiger partial charge in [0.25, 0.3) is 0 Å². The Hall–Kier alpha value is -3.15. The van der Waals surface area contributed by atoms with Crippen LogP contribution in [-0.2, 0) is 4.79 Å². The number of amides is 1. The summed E-state index contributed by atoms with van der Waals surface area (Å²) in [6.07, 6.45) is 2.73.